The van der Waals surface area contributed by atoms with Crippen molar-refractivity contribution >= 4 is 5.76 Å². The fraction of sp³-hybridized carbons (Fsp3) is 0. The Bertz CT molecular complexity index is 326. The van der Waals surface area contributed by atoms with Crippen molar-refractivity contribution < 1.29 is 10.2 Å². The maximum atomic E-state index is 9.22. The summed E-state index contributed by atoms with van der Waals surface area (Å²) in [4.78, 5) is 0. The summed E-state index contributed by atoms with van der Waals surface area (Å²) in [5.41, 5.74) is 1.64. The van der Waals surface area contributed by atoms with Crippen LogP contribution in [0.4, 0.5) is 0 Å². The van der Waals surface area contributed by atoms with Gasteiger partial charge < -0.3 is 10.2 Å². The summed E-state index contributed by atoms with van der Waals surface area (Å²) in [6.07, 6.45) is 3.42. The van der Waals surface area contributed by atoms with Crippen LogP contribution in [-0.4, -0.2) is 10.2 Å². The number of phenolic OH excluding ortho intramolecular Hbond substituents is 1. The minimum Gasteiger partial charge on any atom is -0.508 e. The molecule has 0 heterocycles. The van der Waals surface area contributed by atoms with Gasteiger partial charge in [0, 0.05) is 12.0 Å². The molecule has 0 spiro atoms. The Morgan fingerprint density at radius 2 is 1.91 bits per heavy atom. The van der Waals surface area contributed by atoms with Crippen LogP contribution >= 0.6 is 0 Å². The molecule has 55 valence electrons. The molecule has 0 bridgehead atoms. The van der Waals surface area contributed by atoms with Gasteiger partial charge in [-0.15, -0.1) is 0 Å². The Balaban J connectivity index is 2.60. The van der Waals surface area contributed by atoms with Crippen molar-refractivity contribution in [3.8, 4) is 5.75 Å². The van der Waals surface area contributed by atoms with E-state index >= 15 is 0 Å². The van der Waals surface area contributed by atoms with Crippen LogP contribution in [0.5, 0.6) is 5.75 Å². The number of aromatic hydroxyl groups is 1. The number of phenols is 1. The highest BCUT2D eigenvalue weighted by Gasteiger charge is 2.12. The van der Waals surface area contributed by atoms with Gasteiger partial charge in [-0.05, 0) is 23.8 Å². The number of fused-ring (bicyclic) bond motifs is 1. The molecule has 0 saturated carbocycles. The van der Waals surface area contributed by atoms with Crippen LogP contribution in [0.15, 0.2) is 24.3 Å². The van der Waals surface area contributed by atoms with E-state index in [-0.39, 0.29) is 11.5 Å². The first kappa shape index (κ1) is 6.28. The standard InChI is InChI=1S/C9H7O2/c10-7-3-1-6-2-4-9(11)8(6)5-7/h1-5,10-11H. The van der Waals surface area contributed by atoms with Crippen LogP contribution in [0.2, 0.25) is 0 Å². The molecule has 2 N–H and O–H groups in total. The van der Waals surface area contributed by atoms with Gasteiger partial charge in [-0.3, -0.25) is 0 Å². The predicted molar refractivity (Wildman–Crippen MR) is 42.1 cm³/mol. The summed E-state index contributed by atoms with van der Waals surface area (Å²) >= 11 is 0. The lowest BCUT2D eigenvalue weighted by Gasteiger charge is -1.99. The maximum absolute atomic E-state index is 9.22. The van der Waals surface area contributed by atoms with Crippen LogP contribution in [0.1, 0.15) is 11.1 Å². The molecule has 2 rings (SSSR count). The predicted octanol–water partition coefficient (Wildman–Crippen LogP) is 1.86. The quantitative estimate of drug-likeness (QED) is 0.588. The highest BCUT2D eigenvalue weighted by Crippen LogP contribution is 2.29. The number of benzene rings is 1. The SMILES string of the molecule is OC1=C[CH]c2ccc(O)cc21. The summed E-state index contributed by atoms with van der Waals surface area (Å²) in [6, 6.07) is 4.91. The molecular weight excluding hydrogens is 140 g/mol. The second kappa shape index (κ2) is 2.02. The zero-order valence-electron chi connectivity index (χ0n) is 5.78. The molecule has 0 aliphatic heterocycles. The highest BCUT2D eigenvalue weighted by atomic mass is 16.3. The first-order valence-electron chi connectivity index (χ1n) is 3.35. The lowest BCUT2D eigenvalue weighted by atomic mass is 10.1. The third kappa shape index (κ3) is 0.871. The molecule has 1 aliphatic carbocycles. The summed E-state index contributed by atoms with van der Waals surface area (Å²) in [7, 11) is 0. The maximum Gasteiger partial charge on any atom is 0.119 e. The molecule has 1 aliphatic rings. The zero-order chi connectivity index (χ0) is 7.84. The van der Waals surface area contributed by atoms with Gasteiger partial charge >= 0.3 is 0 Å². The molecule has 2 nitrogen and oxygen atoms in total. The average molecular weight is 147 g/mol. The van der Waals surface area contributed by atoms with Gasteiger partial charge in [-0.1, -0.05) is 6.07 Å². The summed E-state index contributed by atoms with van der Waals surface area (Å²) in [5.74, 6) is 0.398. The van der Waals surface area contributed by atoms with E-state index in [1.54, 1.807) is 24.3 Å². The summed E-state index contributed by atoms with van der Waals surface area (Å²) in [6.45, 7) is 0. The van der Waals surface area contributed by atoms with E-state index < -0.39 is 0 Å². The Hall–Kier alpha value is -1.44. The van der Waals surface area contributed by atoms with E-state index in [2.05, 4.69) is 0 Å². The smallest absolute Gasteiger partial charge is 0.119 e. The Morgan fingerprint density at radius 1 is 1.09 bits per heavy atom. The van der Waals surface area contributed by atoms with E-state index in [9.17, 15) is 5.11 Å². The van der Waals surface area contributed by atoms with Crippen molar-refractivity contribution in [3.05, 3.63) is 41.8 Å². The number of rotatable bonds is 0. The van der Waals surface area contributed by atoms with Gasteiger partial charge in [0.1, 0.15) is 11.5 Å². The molecule has 11 heavy (non-hydrogen) atoms. The highest BCUT2D eigenvalue weighted by molar-refractivity contribution is 5.72. The monoisotopic (exact) mass is 147 g/mol. The van der Waals surface area contributed by atoms with Gasteiger partial charge in [0.05, 0.1) is 0 Å². The number of hydrogen-bond acceptors (Lipinski definition) is 2. The van der Waals surface area contributed by atoms with E-state index in [0.717, 1.165) is 5.56 Å². The van der Waals surface area contributed by atoms with E-state index in [4.69, 9.17) is 5.11 Å². The number of hydrogen-bond donors (Lipinski definition) is 2. The van der Waals surface area contributed by atoms with Gasteiger partial charge in [-0.25, -0.2) is 0 Å². The van der Waals surface area contributed by atoms with Crippen molar-refractivity contribution in [3.63, 3.8) is 0 Å². The molecule has 0 amide bonds. The topological polar surface area (TPSA) is 40.5 Å². The van der Waals surface area contributed by atoms with Gasteiger partial charge in [0.15, 0.2) is 0 Å². The minimum atomic E-state index is 0.180. The second-order valence-electron chi connectivity index (χ2n) is 2.49. The summed E-state index contributed by atoms with van der Waals surface area (Å²) < 4.78 is 0. The van der Waals surface area contributed by atoms with Crippen molar-refractivity contribution in [2.24, 2.45) is 0 Å². The average Bonchev–Trinajstić information content (AvgIpc) is 2.33. The van der Waals surface area contributed by atoms with E-state index in [0.29, 0.717) is 5.56 Å². The molecule has 1 aromatic rings. The van der Waals surface area contributed by atoms with E-state index in [1.807, 2.05) is 6.42 Å². The molecule has 0 fully saturated rings. The molecule has 1 radical (unpaired) electrons. The Morgan fingerprint density at radius 3 is 2.73 bits per heavy atom. The van der Waals surface area contributed by atoms with Gasteiger partial charge in [0.2, 0.25) is 0 Å². The fourth-order valence-corrected chi connectivity index (χ4v) is 1.17. The van der Waals surface area contributed by atoms with Crippen molar-refractivity contribution in [2.45, 2.75) is 0 Å². The first-order chi connectivity index (χ1) is 5.27. The van der Waals surface area contributed by atoms with Crippen molar-refractivity contribution in [1.82, 2.24) is 0 Å². The lowest BCUT2D eigenvalue weighted by molar-refractivity contribution is 0.473. The number of aliphatic hydroxyl groups is 1. The van der Waals surface area contributed by atoms with Gasteiger partial charge in [0.25, 0.3) is 0 Å². The third-order valence-electron chi connectivity index (χ3n) is 1.73. The molecule has 0 unspecified atom stereocenters. The largest absolute Gasteiger partial charge is 0.508 e. The minimum absolute atomic E-state index is 0.180. The lowest BCUT2D eigenvalue weighted by Crippen LogP contribution is -1.81. The third-order valence-corrected chi connectivity index (χ3v) is 1.73. The molecule has 0 atom stereocenters. The van der Waals surface area contributed by atoms with Gasteiger partial charge in [-0.2, -0.15) is 0 Å². The van der Waals surface area contributed by atoms with Crippen LogP contribution in [0.3, 0.4) is 0 Å². The molecule has 1 aromatic carbocycles. The van der Waals surface area contributed by atoms with Crippen LogP contribution < -0.4 is 0 Å². The van der Waals surface area contributed by atoms with Crippen LogP contribution in [0.25, 0.3) is 5.76 Å². The van der Waals surface area contributed by atoms with E-state index in [1.165, 1.54) is 0 Å². The normalized spacial score (nSPS) is 14.4. The molecule has 0 saturated heterocycles. The van der Waals surface area contributed by atoms with Crippen molar-refractivity contribution in [2.75, 3.05) is 0 Å². The van der Waals surface area contributed by atoms with Crippen molar-refractivity contribution in [1.29, 1.82) is 0 Å². The number of allylic oxidation sites excluding steroid dienone is 1. The van der Waals surface area contributed by atoms with Crippen LogP contribution in [-0.2, 0) is 0 Å². The number of aliphatic hydroxyl groups excluding tert-OH is 1. The molecular formula is C9H7O2. The molecule has 2 heteroatoms. The second-order valence-corrected chi connectivity index (χ2v) is 2.49. The fourth-order valence-electron chi connectivity index (χ4n) is 1.17. The zero-order valence-corrected chi connectivity index (χ0v) is 5.78. The Labute approximate surface area is 64.4 Å². The summed E-state index contributed by atoms with van der Waals surface area (Å²) in [5, 5.41) is 18.3. The first-order valence-corrected chi connectivity index (χ1v) is 3.35. The molecule has 0 aromatic heterocycles. The van der Waals surface area contributed by atoms with Crippen LogP contribution in [0, 0.1) is 6.42 Å². The Kier molecular flexibility index (Phi) is 1.15.